The summed E-state index contributed by atoms with van der Waals surface area (Å²) in [6, 6.07) is 6.57. The number of benzene rings is 1. The Morgan fingerprint density at radius 1 is 1.33 bits per heavy atom. The maximum Gasteiger partial charge on any atom is 0.223 e. The summed E-state index contributed by atoms with van der Waals surface area (Å²) >= 11 is 0. The number of nitrogens with one attached hydrogen (secondary N) is 1. The molecule has 3 N–H and O–H groups in total. The maximum absolute atomic E-state index is 13.6. The van der Waals surface area contributed by atoms with Crippen LogP contribution in [0, 0.1) is 11.7 Å². The van der Waals surface area contributed by atoms with Crippen molar-refractivity contribution in [2.75, 3.05) is 6.54 Å². The van der Waals surface area contributed by atoms with Gasteiger partial charge in [-0.2, -0.15) is 0 Å². The lowest BCUT2D eigenvalue weighted by molar-refractivity contribution is -0.126. The molecule has 1 amide bonds. The molecule has 1 unspecified atom stereocenters. The minimum atomic E-state index is -0.347. The summed E-state index contributed by atoms with van der Waals surface area (Å²) in [7, 11) is 0. The van der Waals surface area contributed by atoms with Gasteiger partial charge in [-0.15, -0.1) is 12.4 Å². The molecule has 0 aromatic heterocycles. The Balaban J connectivity index is 0.00000400. The van der Waals surface area contributed by atoms with Gasteiger partial charge in [0.2, 0.25) is 5.91 Å². The van der Waals surface area contributed by atoms with Gasteiger partial charge in [0.1, 0.15) is 5.82 Å². The van der Waals surface area contributed by atoms with E-state index in [0.29, 0.717) is 18.5 Å². The molecule has 1 aromatic carbocycles. The van der Waals surface area contributed by atoms with Crippen molar-refractivity contribution in [3.8, 4) is 0 Å². The van der Waals surface area contributed by atoms with E-state index in [0.717, 1.165) is 12.8 Å². The van der Waals surface area contributed by atoms with Crippen LogP contribution in [-0.4, -0.2) is 18.0 Å². The van der Waals surface area contributed by atoms with Crippen molar-refractivity contribution < 1.29 is 9.18 Å². The second-order valence-corrected chi connectivity index (χ2v) is 5.38. The summed E-state index contributed by atoms with van der Waals surface area (Å²) in [5, 5.41) is 3.03. The molecule has 0 saturated carbocycles. The van der Waals surface area contributed by atoms with Crippen LogP contribution in [0.5, 0.6) is 0 Å². The molecular weight excluding hydrogens is 291 g/mol. The normalized spacial score (nSPS) is 12.4. The Kier molecular flexibility index (Phi) is 8.52. The van der Waals surface area contributed by atoms with Crippen LogP contribution in [0.3, 0.4) is 0 Å². The van der Waals surface area contributed by atoms with Crippen molar-refractivity contribution in [2.24, 2.45) is 11.7 Å². The van der Waals surface area contributed by atoms with E-state index in [2.05, 4.69) is 5.32 Å². The van der Waals surface area contributed by atoms with E-state index >= 15 is 0 Å². The van der Waals surface area contributed by atoms with Gasteiger partial charge >= 0.3 is 0 Å². The second kappa shape index (κ2) is 9.00. The number of hydrogen-bond donors (Lipinski definition) is 2. The Morgan fingerprint density at radius 3 is 2.38 bits per heavy atom. The fourth-order valence-electron chi connectivity index (χ4n) is 2.24. The Labute approximate surface area is 132 Å². The number of nitrogens with two attached hydrogens (primary N) is 1. The van der Waals surface area contributed by atoms with E-state index in [1.54, 1.807) is 18.2 Å². The molecule has 1 atom stereocenters. The van der Waals surface area contributed by atoms with E-state index in [1.807, 2.05) is 20.8 Å². The van der Waals surface area contributed by atoms with Gasteiger partial charge in [-0.1, -0.05) is 39.0 Å². The summed E-state index contributed by atoms with van der Waals surface area (Å²) in [6.07, 6.45) is 1.98. The van der Waals surface area contributed by atoms with Gasteiger partial charge in [0.05, 0.1) is 5.54 Å². The van der Waals surface area contributed by atoms with Crippen molar-refractivity contribution in [2.45, 2.75) is 45.6 Å². The first-order valence-electron chi connectivity index (χ1n) is 7.23. The van der Waals surface area contributed by atoms with E-state index < -0.39 is 0 Å². The Hall–Kier alpha value is -1.13. The molecule has 0 radical (unpaired) electrons. The van der Waals surface area contributed by atoms with E-state index in [4.69, 9.17) is 5.73 Å². The zero-order chi connectivity index (χ0) is 15.2. The Morgan fingerprint density at radius 2 is 1.90 bits per heavy atom. The van der Waals surface area contributed by atoms with Crippen LogP contribution in [0.4, 0.5) is 4.39 Å². The third kappa shape index (κ3) is 5.29. The zero-order valence-corrected chi connectivity index (χ0v) is 13.8. The monoisotopic (exact) mass is 316 g/mol. The minimum Gasteiger partial charge on any atom is -0.349 e. The van der Waals surface area contributed by atoms with E-state index in [-0.39, 0.29) is 35.6 Å². The predicted molar refractivity (Wildman–Crippen MR) is 87.0 cm³/mol. The number of rotatable bonds is 7. The smallest absolute Gasteiger partial charge is 0.223 e. The van der Waals surface area contributed by atoms with Gasteiger partial charge < -0.3 is 11.1 Å². The third-order valence-electron chi connectivity index (χ3n) is 4.06. The topological polar surface area (TPSA) is 55.1 Å². The fraction of sp³-hybridized carbons (Fsp3) is 0.562. The lowest BCUT2D eigenvalue weighted by Crippen LogP contribution is -2.54. The van der Waals surface area contributed by atoms with E-state index in [1.165, 1.54) is 6.07 Å². The van der Waals surface area contributed by atoms with Crippen LogP contribution in [0.25, 0.3) is 0 Å². The first kappa shape index (κ1) is 19.9. The summed E-state index contributed by atoms with van der Waals surface area (Å²) in [6.45, 7) is 6.25. The number of amides is 1. The first-order chi connectivity index (χ1) is 9.48. The minimum absolute atomic E-state index is 0. The van der Waals surface area contributed by atoms with Crippen LogP contribution in [0.2, 0.25) is 0 Å². The molecule has 3 nitrogen and oxygen atoms in total. The van der Waals surface area contributed by atoms with Crippen LogP contribution >= 0.6 is 12.4 Å². The van der Waals surface area contributed by atoms with Gasteiger partial charge in [-0.05, 0) is 30.9 Å². The lowest BCUT2D eigenvalue weighted by atomic mass is 9.91. The largest absolute Gasteiger partial charge is 0.349 e. The molecule has 5 heteroatoms. The standard InChI is InChI=1S/C16H25FN2O.ClH/c1-4-16(5-2,11-18)19-15(20)12(3)10-13-8-6-7-9-14(13)17;/h6-9,12H,4-5,10-11,18H2,1-3H3,(H,19,20);1H. The fourth-order valence-corrected chi connectivity index (χ4v) is 2.24. The van der Waals surface area contributed by atoms with Crippen LogP contribution < -0.4 is 11.1 Å². The molecule has 1 aromatic rings. The summed E-state index contributed by atoms with van der Waals surface area (Å²) in [4.78, 5) is 12.3. The highest BCUT2D eigenvalue weighted by Crippen LogP contribution is 2.17. The molecule has 0 aliphatic heterocycles. The lowest BCUT2D eigenvalue weighted by Gasteiger charge is -2.32. The molecular formula is C16H26ClFN2O. The van der Waals surface area contributed by atoms with Gasteiger partial charge in [0.25, 0.3) is 0 Å². The van der Waals surface area contributed by atoms with Crippen molar-refractivity contribution in [1.29, 1.82) is 0 Å². The van der Waals surface area contributed by atoms with Gasteiger partial charge in [0.15, 0.2) is 0 Å². The average molecular weight is 317 g/mol. The maximum atomic E-state index is 13.6. The van der Waals surface area contributed by atoms with Crippen molar-refractivity contribution >= 4 is 18.3 Å². The molecule has 0 heterocycles. The summed E-state index contributed by atoms with van der Waals surface area (Å²) < 4.78 is 13.6. The quantitative estimate of drug-likeness (QED) is 0.812. The van der Waals surface area contributed by atoms with E-state index in [9.17, 15) is 9.18 Å². The Bertz CT molecular complexity index is 441. The molecule has 0 aliphatic rings. The number of carbonyl (C=O) groups excluding carboxylic acids is 1. The first-order valence-corrected chi connectivity index (χ1v) is 7.23. The van der Waals surface area contributed by atoms with Crippen LogP contribution in [0.1, 0.15) is 39.2 Å². The van der Waals surface area contributed by atoms with Crippen LogP contribution in [0.15, 0.2) is 24.3 Å². The average Bonchev–Trinajstić information content (AvgIpc) is 2.47. The van der Waals surface area contributed by atoms with Gasteiger partial charge in [-0.25, -0.2) is 4.39 Å². The summed E-state index contributed by atoms with van der Waals surface area (Å²) in [5.74, 6) is -0.610. The highest BCUT2D eigenvalue weighted by atomic mass is 35.5. The van der Waals surface area contributed by atoms with Gasteiger partial charge in [-0.3, -0.25) is 4.79 Å². The number of hydrogen-bond acceptors (Lipinski definition) is 2. The highest BCUT2D eigenvalue weighted by Gasteiger charge is 2.28. The van der Waals surface area contributed by atoms with Crippen LogP contribution in [-0.2, 0) is 11.2 Å². The predicted octanol–water partition coefficient (Wildman–Crippen LogP) is 3.06. The number of carbonyl (C=O) groups is 1. The molecule has 1 rings (SSSR count). The second-order valence-electron chi connectivity index (χ2n) is 5.38. The SMILES string of the molecule is CCC(CC)(CN)NC(=O)C(C)Cc1ccccc1F.Cl. The van der Waals surface area contributed by atoms with Crippen molar-refractivity contribution in [3.63, 3.8) is 0 Å². The third-order valence-corrected chi connectivity index (χ3v) is 4.06. The van der Waals surface area contributed by atoms with Crippen molar-refractivity contribution in [3.05, 3.63) is 35.6 Å². The molecule has 0 aliphatic carbocycles. The van der Waals surface area contributed by atoms with Crippen molar-refractivity contribution in [1.82, 2.24) is 5.32 Å². The number of halogens is 2. The molecule has 0 fully saturated rings. The molecule has 0 saturated heterocycles. The molecule has 0 bridgehead atoms. The molecule has 0 spiro atoms. The summed E-state index contributed by atoms with van der Waals surface area (Å²) in [5.41, 5.74) is 6.00. The highest BCUT2D eigenvalue weighted by molar-refractivity contribution is 5.85. The zero-order valence-electron chi connectivity index (χ0n) is 13.0. The molecule has 120 valence electrons. The molecule has 21 heavy (non-hydrogen) atoms. The van der Waals surface area contributed by atoms with Gasteiger partial charge in [0, 0.05) is 12.5 Å².